The number of rotatable bonds is 9. The van der Waals surface area contributed by atoms with Crippen molar-refractivity contribution in [3.63, 3.8) is 0 Å². The van der Waals surface area contributed by atoms with Gasteiger partial charge in [-0.25, -0.2) is 13.2 Å². The summed E-state index contributed by atoms with van der Waals surface area (Å²) in [6, 6.07) is 0. The summed E-state index contributed by atoms with van der Waals surface area (Å²) < 4.78 is 159. The molecule has 0 aromatic carbocycles. The molecule has 0 aliphatic rings. The van der Waals surface area contributed by atoms with Crippen LogP contribution in [0.4, 0.5) is 48.3 Å². The highest BCUT2D eigenvalue weighted by Gasteiger charge is 2.82. The number of halogens is 11. The first kappa shape index (κ1) is 27.1. The van der Waals surface area contributed by atoms with Crippen LogP contribution in [0.5, 0.6) is 0 Å². The number of alkyl halides is 11. The van der Waals surface area contributed by atoms with E-state index in [1.807, 2.05) is 0 Å². The lowest BCUT2D eigenvalue weighted by atomic mass is 9.80. The Morgan fingerprint density at radius 1 is 0.679 bits per heavy atom. The Morgan fingerprint density at radius 2 is 1.11 bits per heavy atom. The minimum Gasteiger partial charge on any atom is -0.381 e. The van der Waals surface area contributed by atoms with Gasteiger partial charge in [-0.3, -0.25) is 0 Å². The van der Waals surface area contributed by atoms with E-state index < -0.39 is 60.5 Å². The maximum Gasteiger partial charge on any atom is 0.434 e. The summed E-state index contributed by atoms with van der Waals surface area (Å²) in [7, 11) is 0.569. The molecule has 0 saturated heterocycles. The molecule has 0 heterocycles. The molecular formula is C15H21F11O2. The standard InChI is InChI=1S/C15H21F11O2/c1-6-9(3,16)12(18,14(22,23)24)15(25,26)28-10(4,7-2)11(17,8-27-5)13(19,20)21/h6-8H2,1-5H3. The second-order valence-corrected chi connectivity index (χ2v) is 6.64. The van der Waals surface area contributed by atoms with Crippen LogP contribution in [0, 0.1) is 0 Å². The topological polar surface area (TPSA) is 18.5 Å². The van der Waals surface area contributed by atoms with Crippen LogP contribution in [0.25, 0.3) is 0 Å². The molecule has 0 aliphatic carbocycles. The van der Waals surface area contributed by atoms with Crippen molar-refractivity contribution in [3.05, 3.63) is 0 Å². The monoisotopic (exact) mass is 442 g/mol. The Kier molecular flexibility index (Phi) is 7.53. The van der Waals surface area contributed by atoms with Crippen LogP contribution in [0.1, 0.15) is 40.5 Å². The Bertz CT molecular complexity index is 531. The highest BCUT2D eigenvalue weighted by Crippen LogP contribution is 2.57. The highest BCUT2D eigenvalue weighted by atomic mass is 19.4. The number of hydrogen-bond acceptors (Lipinski definition) is 2. The molecular weight excluding hydrogens is 421 g/mol. The molecule has 0 saturated carbocycles. The van der Waals surface area contributed by atoms with Gasteiger partial charge in [0.05, 0.1) is 6.61 Å². The van der Waals surface area contributed by atoms with Gasteiger partial charge in [-0.15, -0.1) is 0 Å². The van der Waals surface area contributed by atoms with Crippen LogP contribution in [0.2, 0.25) is 0 Å². The van der Waals surface area contributed by atoms with Gasteiger partial charge < -0.3 is 9.47 Å². The Labute approximate surface area is 154 Å². The number of ether oxygens (including phenoxy) is 2. The Balaban J connectivity index is 6.63. The summed E-state index contributed by atoms with van der Waals surface area (Å²) in [6.45, 7) is -0.722. The van der Waals surface area contributed by atoms with E-state index in [9.17, 15) is 48.3 Å². The van der Waals surface area contributed by atoms with E-state index in [2.05, 4.69) is 9.47 Å². The normalized spacial score (nSPS) is 22.7. The van der Waals surface area contributed by atoms with Crippen molar-refractivity contribution in [2.45, 2.75) is 81.6 Å². The highest BCUT2D eigenvalue weighted by molar-refractivity contribution is 5.11. The van der Waals surface area contributed by atoms with Gasteiger partial charge in [-0.05, 0) is 26.7 Å². The zero-order chi connectivity index (χ0) is 23.0. The maximum absolute atomic E-state index is 14.7. The minimum atomic E-state index is -6.61. The lowest BCUT2D eigenvalue weighted by molar-refractivity contribution is -0.447. The second kappa shape index (κ2) is 7.77. The molecule has 0 aromatic heterocycles. The molecule has 13 heteroatoms. The average Bonchev–Trinajstić information content (AvgIpc) is 2.50. The van der Waals surface area contributed by atoms with Gasteiger partial charge in [0.15, 0.2) is 5.67 Å². The summed E-state index contributed by atoms with van der Waals surface area (Å²) in [5.74, 6) is 0. The number of hydrogen-bond donors (Lipinski definition) is 0. The lowest BCUT2D eigenvalue weighted by Crippen LogP contribution is -2.71. The summed E-state index contributed by atoms with van der Waals surface area (Å²) in [6.07, 6.45) is -21.5. The van der Waals surface area contributed by atoms with Crippen molar-refractivity contribution in [1.82, 2.24) is 0 Å². The summed E-state index contributed by atoms with van der Waals surface area (Å²) in [5, 5.41) is 0. The zero-order valence-corrected chi connectivity index (χ0v) is 15.6. The third-order valence-electron chi connectivity index (χ3n) is 4.83. The van der Waals surface area contributed by atoms with E-state index >= 15 is 0 Å². The molecule has 0 spiro atoms. The summed E-state index contributed by atoms with van der Waals surface area (Å²) in [4.78, 5) is 0. The predicted molar refractivity (Wildman–Crippen MR) is 76.2 cm³/mol. The van der Waals surface area contributed by atoms with Gasteiger partial charge in [0.2, 0.25) is 0 Å². The fourth-order valence-electron chi connectivity index (χ4n) is 2.53. The van der Waals surface area contributed by atoms with E-state index in [1.165, 1.54) is 0 Å². The third kappa shape index (κ3) is 4.05. The van der Waals surface area contributed by atoms with Crippen LogP contribution < -0.4 is 0 Å². The SMILES string of the molecule is CCC(C)(F)C(F)(C(F)(F)F)C(F)(F)OC(C)(CC)C(F)(COC)C(F)(F)F. The first-order valence-electron chi connectivity index (χ1n) is 7.91. The molecule has 2 nitrogen and oxygen atoms in total. The quantitative estimate of drug-likeness (QED) is 0.403. The fourth-order valence-corrected chi connectivity index (χ4v) is 2.53. The van der Waals surface area contributed by atoms with E-state index in [0.717, 1.165) is 0 Å². The third-order valence-corrected chi connectivity index (χ3v) is 4.83. The smallest absolute Gasteiger partial charge is 0.381 e. The molecule has 0 N–H and O–H groups in total. The first-order valence-corrected chi connectivity index (χ1v) is 7.91. The van der Waals surface area contributed by atoms with Gasteiger partial charge in [-0.2, -0.15) is 35.1 Å². The predicted octanol–water partition coefficient (Wildman–Crippen LogP) is 6.09. The molecule has 0 aromatic rings. The lowest BCUT2D eigenvalue weighted by Gasteiger charge is -2.48. The van der Waals surface area contributed by atoms with Crippen LogP contribution in [0.3, 0.4) is 0 Å². The van der Waals surface area contributed by atoms with Crippen molar-refractivity contribution in [3.8, 4) is 0 Å². The Morgan fingerprint density at radius 3 is 1.36 bits per heavy atom. The van der Waals surface area contributed by atoms with Crippen molar-refractivity contribution in [2.24, 2.45) is 0 Å². The summed E-state index contributed by atoms with van der Waals surface area (Å²) in [5.41, 5.74) is -18.9. The zero-order valence-electron chi connectivity index (χ0n) is 15.6. The van der Waals surface area contributed by atoms with E-state index in [1.54, 1.807) is 0 Å². The van der Waals surface area contributed by atoms with Crippen LogP contribution in [-0.4, -0.2) is 54.8 Å². The largest absolute Gasteiger partial charge is 0.434 e. The van der Waals surface area contributed by atoms with Crippen LogP contribution in [-0.2, 0) is 9.47 Å². The molecule has 0 radical (unpaired) electrons. The van der Waals surface area contributed by atoms with Gasteiger partial charge in [0.25, 0.3) is 5.67 Å². The molecule has 28 heavy (non-hydrogen) atoms. The van der Waals surface area contributed by atoms with Crippen molar-refractivity contribution < 1.29 is 57.8 Å². The maximum atomic E-state index is 14.7. The molecule has 4 atom stereocenters. The van der Waals surface area contributed by atoms with Crippen LogP contribution in [0.15, 0.2) is 0 Å². The van der Waals surface area contributed by atoms with E-state index in [-0.39, 0.29) is 13.8 Å². The minimum absolute atomic E-state index is 0.0751. The van der Waals surface area contributed by atoms with Crippen molar-refractivity contribution in [2.75, 3.05) is 13.7 Å². The molecule has 0 amide bonds. The van der Waals surface area contributed by atoms with E-state index in [0.29, 0.717) is 21.0 Å². The van der Waals surface area contributed by atoms with Crippen molar-refractivity contribution in [1.29, 1.82) is 0 Å². The van der Waals surface area contributed by atoms with Crippen molar-refractivity contribution >= 4 is 0 Å². The molecule has 4 unspecified atom stereocenters. The van der Waals surface area contributed by atoms with Gasteiger partial charge in [-0.1, -0.05) is 13.8 Å². The van der Waals surface area contributed by atoms with Gasteiger partial charge >= 0.3 is 24.1 Å². The second-order valence-electron chi connectivity index (χ2n) is 6.64. The molecule has 170 valence electrons. The molecule has 0 fully saturated rings. The molecule has 0 aliphatic heterocycles. The first-order chi connectivity index (χ1) is 12.1. The molecule has 0 rings (SSSR count). The van der Waals surface area contributed by atoms with Gasteiger partial charge in [0.1, 0.15) is 5.60 Å². The molecule has 0 bridgehead atoms. The van der Waals surface area contributed by atoms with E-state index in [4.69, 9.17) is 0 Å². The number of methoxy groups -OCH3 is 1. The summed E-state index contributed by atoms with van der Waals surface area (Å²) >= 11 is 0. The van der Waals surface area contributed by atoms with Crippen LogP contribution >= 0.6 is 0 Å². The Hall–Kier alpha value is -0.850. The average molecular weight is 442 g/mol. The fraction of sp³-hybridized carbons (Fsp3) is 1.00. The van der Waals surface area contributed by atoms with Gasteiger partial charge in [0, 0.05) is 7.11 Å².